The van der Waals surface area contributed by atoms with E-state index < -0.39 is 0 Å². The summed E-state index contributed by atoms with van der Waals surface area (Å²) in [5.41, 5.74) is 1.30. The fraction of sp³-hybridized carbons (Fsp3) is 0.263. The van der Waals surface area contributed by atoms with Gasteiger partial charge in [-0.2, -0.15) is 0 Å². The van der Waals surface area contributed by atoms with Crippen molar-refractivity contribution >= 4 is 23.4 Å². The lowest BCUT2D eigenvalue weighted by Gasteiger charge is -2.12. The zero-order valence-corrected chi connectivity index (χ0v) is 15.2. The topological polar surface area (TPSA) is 76.7 Å². The van der Waals surface area contributed by atoms with E-state index in [0.29, 0.717) is 36.1 Å². The van der Waals surface area contributed by atoms with E-state index in [2.05, 4.69) is 10.6 Å². The summed E-state index contributed by atoms with van der Waals surface area (Å²) in [7, 11) is 1.55. The molecule has 0 aromatic heterocycles. The summed E-state index contributed by atoms with van der Waals surface area (Å²) in [5.74, 6) is -0.215. The molecule has 0 unspecified atom stereocenters. The summed E-state index contributed by atoms with van der Waals surface area (Å²) in [6.07, 6.45) is 0. The van der Waals surface area contributed by atoms with Crippen LogP contribution in [-0.2, 0) is 16.1 Å². The average molecular weight is 377 g/mol. The van der Waals surface area contributed by atoms with E-state index in [1.807, 2.05) is 12.1 Å². The lowest BCUT2D eigenvalue weighted by molar-refractivity contribution is -0.120. The molecule has 0 spiro atoms. The highest BCUT2D eigenvalue weighted by Gasteiger charge is 2.13. The van der Waals surface area contributed by atoms with Crippen LogP contribution in [0.5, 0.6) is 5.75 Å². The van der Waals surface area contributed by atoms with Crippen LogP contribution in [0.3, 0.4) is 0 Å². The van der Waals surface area contributed by atoms with Gasteiger partial charge in [0.05, 0.1) is 18.7 Å². The number of ether oxygens (including phenoxy) is 2. The first-order valence-electron chi connectivity index (χ1n) is 8.10. The number of carbonyl (C=O) groups is 2. The van der Waals surface area contributed by atoms with E-state index in [1.54, 1.807) is 43.5 Å². The van der Waals surface area contributed by atoms with Crippen LogP contribution in [0.15, 0.2) is 48.5 Å². The molecule has 6 nitrogen and oxygen atoms in total. The lowest BCUT2D eigenvalue weighted by atomic mass is 10.2. The molecule has 2 amide bonds. The molecular weight excluding hydrogens is 356 g/mol. The number of halogens is 1. The maximum Gasteiger partial charge on any atom is 0.255 e. The average Bonchev–Trinajstić information content (AvgIpc) is 2.66. The molecule has 0 saturated heterocycles. The highest BCUT2D eigenvalue weighted by molar-refractivity contribution is 6.30. The van der Waals surface area contributed by atoms with Crippen molar-refractivity contribution in [2.45, 2.75) is 6.61 Å². The van der Waals surface area contributed by atoms with Crippen LogP contribution in [0.2, 0.25) is 5.02 Å². The third-order valence-electron chi connectivity index (χ3n) is 3.48. The molecule has 138 valence electrons. The quantitative estimate of drug-likeness (QED) is 0.659. The third kappa shape index (κ3) is 6.38. The summed E-state index contributed by atoms with van der Waals surface area (Å²) < 4.78 is 10.6. The first-order valence-corrected chi connectivity index (χ1v) is 8.48. The Morgan fingerprint density at radius 2 is 1.77 bits per heavy atom. The lowest BCUT2D eigenvalue weighted by Crippen LogP contribution is -2.38. The van der Waals surface area contributed by atoms with Crippen molar-refractivity contribution in [3.8, 4) is 5.75 Å². The second kappa shape index (κ2) is 10.4. The van der Waals surface area contributed by atoms with Gasteiger partial charge in [0.2, 0.25) is 5.91 Å². The number of hydrogen-bond acceptors (Lipinski definition) is 4. The second-order valence-electron chi connectivity index (χ2n) is 5.44. The Morgan fingerprint density at radius 1 is 1.04 bits per heavy atom. The van der Waals surface area contributed by atoms with Gasteiger partial charge >= 0.3 is 0 Å². The van der Waals surface area contributed by atoms with Gasteiger partial charge in [0.25, 0.3) is 5.91 Å². The summed E-state index contributed by atoms with van der Waals surface area (Å²) in [5, 5.41) is 5.87. The number of nitrogens with one attached hydrogen (secondary N) is 2. The van der Waals surface area contributed by atoms with Crippen molar-refractivity contribution < 1.29 is 19.1 Å². The van der Waals surface area contributed by atoms with Crippen LogP contribution in [0.25, 0.3) is 0 Å². The van der Waals surface area contributed by atoms with Gasteiger partial charge in [0.1, 0.15) is 12.4 Å². The molecule has 0 bridgehead atoms. The van der Waals surface area contributed by atoms with E-state index in [1.165, 1.54) is 0 Å². The fourth-order valence-electron chi connectivity index (χ4n) is 2.13. The maximum absolute atomic E-state index is 12.3. The summed E-state index contributed by atoms with van der Waals surface area (Å²) in [6, 6.07) is 14.2. The predicted octanol–water partition coefficient (Wildman–Crippen LogP) is 2.41. The van der Waals surface area contributed by atoms with Crippen molar-refractivity contribution in [3.63, 3.8) is 0 Å². The Balaban J connectivity index is 1.91. The van der Waals surface area contributed by atoms with Gasteiger partial charge in [-0.1, -0.05) is 35.9 Å². The second-order valence-corrected chi connectivity index (χ2v) is 5.87. The smallest absolute Gasteiger partial charge is 0.255 e. The van der Waals surface area contributed by atoms with E-state index in [0.717, 1.165) is 5.56 Å². The molecule has 7 heteroatoms. The van der Waals surface area contributed by atoms with E-state index in [-0.39, 0.29) is 18.4 Å². The van der Waals surface area contributed by atoms with Gasteiger partial charge in [-0.05, 0) is 29.8 Å². The number of rotatable bonds is 9. The molecule has 2 aromatic rings. The number of carbonyl (C=O) groups excluding carboxylic acids is 2. The highest BCUT2D eigenvalue weighted by Crippen LogP contribution is 2.20. The van der Waals surface area contributed by atoms with Crippen LogP contribution in [0.1, 0.15) is 15.9 Å². The van der Waals surface area contributed by atoms with Crippen molar-refractivity contribution in [1.29, 1.82) is 0 Å². The minimum Gasteiger partial charge on any atom is -0.488 e. The van der Waals surface area contributed by atoms with Gasteiger partial charge in [0, 0.05) is 18.7 Å². The molecule has 0 fully saturated rings. The van der Waals surface area contributed by atoms with Crippen molar-refractivity contribution in [1.82, 2.24) is 10.6 Å². The van der Waals surface area contributed by atoms with Crippen LogP contribution >= 0.6 is 11.6 Å². The molecular formula is C19H21ClN2O4. The molecule has 2 N–H and O–H groups in total. The SMILES string of the molecule is COCCNC(=O)CNC(=O)c1ccccc1OCc1ccc(Cl)cc1. The zero-order chi connectivity index (χ0) is 18.8. The van der Waals surface area contributed by atoms with Crippen molar-refractivity contribution in [2.75, 3.05) is 26.8 Å². The van der Waals surface area contributed by atoms with Crippen LogP contribution in [-0.4, -0.2) is 38.6 Å². The predicted molar refractivity (Wildman–Crippen MR) is 99.4 cm³/mol. The monoisotopic (exact) mass is 376 g/mol. The zero-order valence-electron chi connectivity index (χ0n) is 14.5. The van der Waals surface area contributed by atoms with Gasteiger partial charge in [-0.15, -0.1) is 0 Å². The molecule has 0 atom stereocenters. The molecule has 0 aliphatic rings. The Bertz CT molecular complexity index is 735. The van der Waals surface area contributed by atoms with Crippen LogP contribution < -0.4 is 15.4 Å². The van der Waals surface area contributed by atoms with Crippen molar-refractivity contribution in [3.05, 3.63) is 64.7 Å². The van der Waals surface area contributed by atoms with Crippen LogP contribution in [0, 0.1) is 0 Å². The van der Waals surface area contributed by atoms with E-state index in [4.69, 9.17) is 21.1 Å². The third-order valence-corrected chi connectivity index (χ3v) is 3.73. The Kier molecular flexibility index (Phi) is 7.92. The van der Waals surface area contributed by atoms with E-state index >= 15 is 0 Å². The molecule has 0 heterocycles. The summed E-state index contributed by atoms with van der Waals surface area (Å²) in [6.45, 7) is 1.00. The molecule has 0 saturated carbocycles. The minimum absolute atomic E-state index is 0.117. The Hall–Kier alpha value is -2.57. The number of para-hydroxylation sites is 1. The van der Waals surface area contributed by atoms with E-state index in [9.17, 15) is 9.59 Å². The fourth-order valence-corrected chi connectivity index (χ4v) is 2.26. The molecule has 0 radical (unpaired) electrons. The molecule has 26 heavy (non-hydrogen) atoms. The largest absolute Gasteiger partial charge is 0.488 e. The number of amides is 2. The molecule has 2 aromatic carbocycles. The standard InChI is InChI=1S/C19H21ClN2O4/c1-25-11-10-21-18(23)12-22-19(24)16-4-2-3-5-17(16)26-13-14-6-8-15(20)9-7-14/h2-9H,10-13H2,1H3,(H,21,23)(H,22,24). The summed E-state index contributed by atoms with van der Waals surface area (Å²) >= 11 is 5.86. The van der Waals surface area contributed by atoms with Gasteiger partial charge in [-0.25, -0.2) is 0 Å². The normalized spacial score (nSPS) is 10.2. The highest BCUT2D eigenvalue weighted by atomic mass is 35.5. The number of methoxy groups -OCH3 is 1. The first kappa shape index (κ1) is 19.8. The van der Waals surface area contributed by atoms with Gasteiger partial charge in [-0.3, -0.25) is 9.59 Å². The van der Waals surface area contributed by atoms with Gasteiger partial charge < -0.3 is 20.1 Å². The van der Waals surface area contributed by atoms with Gasteiger partial charge in [0.15, 0.2) is 0 Å². The maximum atomic E-state index is 12.3. The minimum atomic E-state index is -0.376. The Labute approximate surface area is 157 Å². The molecule has 0 aliphatic heterocycles. The Morgan fingerprint density at radius 3 is 2.50 bits per heavy atom. The number of benzene rings is 2. The van der Waals surface area contributed by atoms with Crippen LogP contribution in [0.4, 0.5) is 0 Å². The first-order chi connectivity index (χ1) is 12.6. The summed E-state index contributed by atoms with van der Waals surface area (Å²) in [4.78, 5) is 24.0. The number of hydrogen-bond donors (Lipinski definition) is 2. The molecule has 0 aliphatic carbocycles. The molecule has 2 rings (SSSR count). The van der Waals surface area contributed by atoms with Crippen molar-refractivity contribution in [2.24, 2.45) is 0 Å².